The number of rotatable bonds is 3. The van der Waals surface area contributed by atoms with E-state index in [1.807, 2.05) is 24.3 Å². The van der Waals surface area contributed by atoms with Crippen LogP contribution < -0.4 is 4.74 Å². The first-order valence-electron chi connectivity index (χ1n) is 6.50. The molecule has 2 rings (SSSR count). The SMILES string of the molecule is COc1ccccc1C(=O)C1CCCCCC1. The number of para-hydroxylation sites is 1. The third-order valence-electron chi connectivity index (χ3n) is 3.60. The van der Waals surface area contributed by atoms with Gasteiger partial charge in [0.05, 0.1) is 12.7 Å². The Bertz CT molecular complexity index is 376. The van der Waals surface area contributed by atoms with E-state index in [0.717, 1.165) is 18.4 Å². The minimum absolute atomic E-state index is 0.203. The predicted octanol–water partition coefficient (Wildman–Crippen LogP) is 3.85. The van der Waals surface area contributed by atoms with Gasteiger partial charge in [-0.1, -0.05) is 37.8 Å². The maximum atomic E-state index is 12.5. The topological polar surface area (TPSA) is 26.3 Å². The highest BCUT2D eigenvalue weighted by atomic mass is 16.5. The van der Waals surface area contributed by atoms with E-state index >= 15 is 0 Å². The van der Waals surface area contributed by atoms with Crippen LogP contribution in [0.25, 0.3) is 0 Å². The van der Waals surface area contributed by atoms with Gasteiger partial charge in [0.2, 0.25) is 0 Å². The van der Waals surface area contributed by atoms with Crippen molar-refractivity contribution in [3.8, 4) is 5.75 Å². The second-order valence-electron chi connectivity index (χ2n) is 4.75. The minimum atomic E-state index is 0.203. The monoisotopic (exact) mass is 232 g/mol. The summed E-state index contributed by atoms with van der Waals surface area (Å²) in [4.78, 5) is 12.5. The Hall–Kier alpha value is -1.31. The van der Waals surface area contributed by atoms with Gasteiger partial charge in [0.1, 0.15) is 5.75 Å². The second-order valence-corrected chi connectivity index (χ2v) is 4.75. The van der Waals surface area contributed by atoms with Crippen LogP contribution in [0, 0.1) is 5.92 Å². The van der Waals surface area contributed by atoms with E-state index in [4.69, 9.17) is 4.74 Å². The molecule has 17 heavy (non-hydrogen) atoms. The van der Waals surface area contributed by atoms with Crippen molar-refractivity contribution in [3.63, 3.8) is 0 Å². The van der Waals surface area contributed by atoms with E-state index in [0.29, 0.717) is 5.75 Å². The number of ether oxygens (including phenoxy) is 1. The van der Waals surface area contributed by atoms with Gasteiger partial charge in [0.15, 0.2) is 5.78 Å². The van der Waals surface area contributed by atoms with Crippen LogP contribution in [0.15, 0.2) is 24.3 Å². The maximum absolute atomic E-state index is 12.5. The first kappa shape index (κ1) is 12.2. The van der Waals surface area contributed by atoms with Crippen molar-refractivity contribution in [2.45, 2.75) is 38.5 Å². The fourth-order valence-corrected chi connectivity index (χ4v) is 2.61. The summed E-state index contributed by atoms with van der Waals surface area (Å²) in [6.07, 6.45) is 7.00. The number of benzene rings is 1. The molecule has 0 N–H and O–H groups in total. The number of hydrogen-bond acceptors (Lipinski definition) is 2. The van der Waals surface area contributed by atoms with E-state index in [9.17, 15) is 4.79 Å². The number of carbonyl (C=O) groups excluding carboxylic acids is 1. The Balaban J connectivity index is 2.17. The van der Waals surface area contributed by atoms with Crippen LogP contribution in [0.4, 0.5) is 0 Å². The summed E-state index contributed by atoms with van der Waals surface area (Å²) in [6.45, 7) is 0. The zero-order valence-corrected chi connectivity index (χ0v) is 10.4. The fourth-order valence-electron chi connectivity index (χ4n) is 2.61. The summed E-state index contributed by atoms with van der Waals surface area (Å²) in [5.74, 6) is 1.18. The summed E-state index contributed by atoms with van der Waals surface area (Å²) in [5.41, 5.74) is 0.752. The summed E-state index contributed by atoms with van der Waals surface area (Å²) in [5, 5.41) is 0. The zero-order valence-electron chi connectivity index (χ0n) is 10.4. The van der Waals surface area contributed by atoms with Gasteiger partial charge >= 0.3 is 0 Å². The summed E-state index contributed by atoms with van der Waals surface area (Å²) in [7, 11) is 1.62. The Morgan fingerprint density at radius 1 is 1.12 bits per heavy atom. The van der Waals surface area contributed by atoms with Gasteiger partial charge in [-0.3, -0.25) is 4.79 Å². The van der Waals surface area contributed by atoms with Crippen LogP contribution in [0.2, 0.25) is 0 Å². The van der Waals surface area contributed by atoms with Gasteiger partial charge in [0.25, 0.3) is 0 Å². The molecule has 0 spiro atoms. The molecule has 0 heterocycles. The summed E-state index contributed by atoms with van der Waals surface area (Å²) in [6, 6.07) is 7.56. The average Bonchev–Trinajstić information content (AvgIpc) is 2.66. The molecule has 1 aliphatic carbocycles. The average molecular weight is 232 g/mol. The molecule has 0 atom stereocenters. The highest BCUT2D eigenvalue weighted by Crippen LogP contribution is 2.29. The van der Waals surface area contributed by atoms with Crippen LogP contribution >= 0.6 is 0 Å². The molecule has 0 aromatic heterocycles. The first-order valence-corrected chi connectivity index (χ1v) is 6.50. The molecule has 1 saturated carbocycles. The van der Waals surface area contributed by atoms with Crippen LogP contribution in [-0.4, -0.2) is 12.9 Å². The molecule has 2 nitrogen and oxygen atoms in total. The number of hydrogen-bond donors (Lipinski definition) is 0. The van der Waals surface area contributed by atoms with Crippen LogP contribution in [0.3, 0.4) is 0 Å². The Morgan fingerprint density at radius 3 is 2.41 bits per heavy atom. The largest absolute Gasteiger partial charge is 0.496 e. The number of carbonyl (C=O) groups is 1. The smallest absolute Gasteiger partial charge is 0.169 e. The molecule has 1 aromatic rings. The van der Waals surface area contributed by atoms with E-state index in [1.54, 1.807) is 7.11 Å². The first-order chi connectivity index (χ1) is 8.33. The molecule has 1 aromatic carbocycles. The Labute approximate surface area is 103 Å². The molecular weight excluding hydrogens is 212 g/mol. The molecule has 0 bridgehead atoms. The Kier molecular flexibility index (Phi) is 4.18. The highest BCUT2D eigenvalue weighted by Gasteiger charge is 2.23. The van der Waals surface area contributed by atoms with E-state index < -0.39 is 0 Å². The van der Waals surface area contributed by atoms with Crippen molar-refractivity contribution >= 4 is 5.78 Å². The van der Waals surface area contributed by atoms with Crippen molar-refractivity contribution in [1.82, 2.24) is 0 Å². The van der Waals surface area contributed by atoms with Crippen LogP contribution in [0.5, 0.6) is 5.75 Å². The van der Waals surface area contributed by atoms with Crippen molar-refractivity contribution < 1.29 is 9.53 Å². The van der Waals surface area contributed by atoms with Gasteiger partial charge in [-0.2, -0.15) is 0 Å². The normalized spacial score (nSPS) is 17.5. The fraction of sp³-hybridized carbons (Fsp3) is 0.533. The van der Waals surface area contributed by atoms with E-state index in [-0.39, 0.29) is 11.7 Å². The van der Waals surface area contributed by atoms with Crippen LogP contribution in [-0.2, 0) is 0 Å². The third kappa shape index (κ3) is 2.87. The van der Waals surface area contributed by atoms with Gasteiger partial charge in [0, 0.05) is 5.92 Å². The molecule has 0 saturated heterocycles. The highest BCUT2D eigenvalue weighted by molar-refractivity contribution is 6.00. The lowest BCUT2D eigenvalue weighted by atomic mass is 9.90. The molecule has 1 fully saturated rings. The summed E-state index contributed by atoms with van der Waals surface area (Å²) >= 11 is 0. The molecular formula is C15H20O2. The predicted molar refractivity (Wildman–Crippen MR) is 68.5 cm³/mol. The zero-order chi connectivity index (χ0) is 12.1. The lowest BCUT2D eigenvalue weighted by molar-refractivity contribution is 0.0905. The van der Waals surface area contributed by atoms with E-state index in [1.165, 1.54) is 25.7 Å². The van der Waals surface area contributed by atoms with Crippen molar-refractivity contribution in [3.05, 3.63) is 29.8 Å². The number of Topliss-reactive ketones (excluding diaryl/α,β-unsaturated/α-hetero) is 1. The number of ketones is 1. The number of methoxy groups -OCH3 is 1. The lowest BCUT2D eigenvalue weighted by Gasteiger charge is -2.14. The molecule has 0 aliphatic heterocycles. The third-order valence-corrected chi connectivity index (χ3v) is 3.60. The minimum Gasteiger partial charge on any atom is -0.496 e. The van der Waals surface area contributed by atoms with Crippen molar-refractivity contribution in [2.75, 3.05) is 7.11 Å². The maximum Gasteiger partial charge on any atom is 0.169 e. The Morgan fingerprint density at radius 2 is 1.76 bits per heavy atom. The lowest BCUT2D eigenvalue weighted by Crippen LogP contribution is -2.15. The van der Waals surface area contributed by atoms with Gasteiger partial charge in [-0.15, -0.1) is 0 Å². The van der Waals surface area contributed by atoms with Crippen molar-refractivity contribution in [1.29, 1.82) is 0 Å². The van der Waals surface area contributed by atoms with Gasteiger partial charge in [-0.05, 0) is 25.0 Å². The standard InChI is InChI=1S/C15H20O2/c1-17-14-11-7-6-10-13(14)15(16)12-8-4-2-3-5-9-12/h6-7,10-12H,2-5,8-9H2,1H3. The molecule has 0 radical (unpaired) electrons. The summed E-state index contributed by atoms with van der Waals surface area (Å²) < 4.78 is 5.27. The quantitative estimate of drug-likeness (QED) is 0.584. The molecule has 1 aliphatic rings. The molecule has 0 unspecified atom stereocenters. The van der Waals surface area contributed by atoms with Gasteiger partial charge < -0.3 is 4.74 Å². The molecule has 2 heteroatoms. The van der Waals surface area contributed by atoms with Crippen LogP contribution in [0.1, 0.15) is 48.9 Å². The van der Waals surface area contributed by atoms with E-state index in [2.05, 4.69) is 0 Å². The second kappa shape index (κ2) is 5.85. The van der Waals surface area contributed by atoms with Crippen molar-refractivity contribution in [2.24, 2.45) is 5.92 Å². The molecule has 92 valence electrons. The molecule has 0 amide bonds. The van der Waals surface area contributed by atoms with Gasteiger partial charge in [-0.25, -0.2) is 0 Å².